The van der Waals surface area contributed by atoms with E-state index in [1.807, 2.05) is 54.6 Å². The van der Waals surface area contributed by atoms with Crippen molar-refractivity contribution in [2.45, 2.75) is 18.8 Å². The van der Waals surface area contributed by atoms with Gasteiger partial charge in [0.1, 0.15) is 6.29 Å². The van der Waals surface area contributed by atoms with E-state index in [9.17, 15) is 9.59 Å². The lowest BCUT2D eigenvalue weighted by Gasteiger charge is -2.29. The van der Waals surface area contributed by atoms with Gasteiger partial charge in [0.05, 0.1) is 0 Å². The highest BCUT2D eigenvalue weighted by Crippen LogP contribution is 2.33. The summed E-state index contributed by atoms with van der Waals surface area (Å²) in [7, 11) is 0. The van der Waals surface area contributed by atoms with Crippen LogP contribution in [0.25, 0.3) is 0 Å². The Balaban J connectivity index is 1.70. The first-order valence-electron chi connectivity index (χ1n) is 7.92. The minimum atomic E-state index is -0.137. The number of hydrogen-bond acceptors (Lipinski definition) is 2. The quantitative estimate of drug-likeness (QED) is 0.865. The maximum absolute atomic E-state index is 12.2. The molecule has 0 saturated carbocycles. The number of amides is 1. The molecule has 3 nitrogen and oxygen atoms in total. The summed E-state index contributed by atoms with van der Waals surface area (Å²) in [5, 5.41) is 2.93. The Labute approximate surface area is 141 Å². The van der Waals surface area contributed by atoms with Gasteiger partial charge in [0.15, 0.2) is 0 Å². The maximum atomic E-state index is 12.2. The van der Waals surface area contributed by atoms with Crippen LogP contribution in [0.4, 0.5) is 0 Å². The molecule has 0 bridgehead atoms. The monoisotopic (exact) mass is 317 g/mol. The van der Waals surface area contributed by atoms with Gasteiger partial charge in [-0.2, -0.15) is 0 Å². The SMILES string of the molecule is CC1(c2ccc(C=O)cc2)C=CC(NC(=O)c2ccccc2)=CC1. The predicted octanol–water partition coefficient (Wildman–Crippen LogP) is 4.03. The number of benzene rings is 2. The Bertz CT molecular complexity index is 803. The van der Waals surface area contributed by atoms with Crippen LogP contribution in [0.15, 0.2) is 78.5 Å². The Kier molecular flexibility index (Phi) is 4.43. The minimum Gasteiger partial charge on any atom is -0.322 e. The van der Waals surface area contributed by atoms with Gasteiger partial charge in [-0.1, -0.05) is 61.5 Å². The topological polar surface area (TPSA) is 46.2 Å². The second-order valence-electron chi connectivity index (χ2n) is 6.17. The van der Waals surface area contributed by atoms with Crippen molar-refractivity contribution >= 4 is 12.2 Å². The first-order valence-corrected chi connectivity index (χ1v) is 7.92. The van der Waals surface area contributed by atoms with E-state index in [0.29, 0.717) is 11.1 Å². The molecule has 0 aliphatic heterocycles. The highest BCUT2D eigenvalue weighted by atomic mass is 16.1. The van der Waals surface area contributed by atoms with Gasteiger partial charge < -0.3 is 5.32 Å². The van der Waals surface area contributed by atoms with Crippen molar-refractivity contribution < 1.29 is 9.59 Å². The second-order valence-corrected chi connectivity index (χ2v) is 6.17. The zero-order valence-electron chi connectivity index (χ0n) is 13.5. The molecule has 0 spiro atoms. The van der Waals surface area contributed by atoms with E-state index < -0.39 is 0 Å². The maximum Gasteiger partial charge on any atom is 0.255 e. The van der Waals surface area contributed by atoms with Crippen molar-refractivity contribution in [2.24, 2.45) is 0 Å². The van der Waals surface area contributed by atoms with Crippen molar-refractivity contribution in [3.8, 4) is 0 Å². The van der Waals surface area contributed by atoms with Crippen LogP contribution in [0.3, 0.4) is 0 Å². The predicted molar refractivity (Wildman–Crippen MR) is 94.9 cm³/mol. The van der Waals surface area contributed by atoms with Crippen LogP contribution in [0.5, 0.6) is 0 Å². The molecule has 3 rings (SSSR count). The fourth-order valence-corrected chi connectivity index (χ4v) is 2.77. The molecule has 24 heavy (non-hydrogen) atoms. The molecule has 0 fully saturated rings. The first kappa shape index (κ1) is 15.9. The summed E-state index contributed by atoms with van der Waals surface area (Å²) in [5.41, 5.74) is 3.14. The largest absolute Gasteiger partial charge is 0.322 e. The fraction of sp³-hybridized carbons (Fsp3) is 0.143. The summed E-state index contributed by atoms with van der Waals surface area (Å²) in [6.45, 7) is 2.14. The van der Waals surface area contributed by atoms with Gasteiger partial charge in [-0.05, 0) is 30.2 Å². The van der Waals surface area contributed by atoms with Gasteiger partial charge >= 0.3 is 0 Å². The molecule has 1 amide bonds. The van der Waals surface area contributed by atoms with E-state index in [1.54, 1.807) is 12.1 Å². The van der Waals surface area contributed by atoms with Gasteiger partial charge in [0.2, 0.25) is 0 Å². The van der Waals surface area contributed by atoms with Crippen molar-refractivity contribution in [3.05, 3.63) is 95.2 Å². The highest BCUT2D eigenvalue weighted by Gasteiger charge is 2.25. The molecule has 1 aliphatic carbocycles. The van der Waals surface area contributed by atoms with Gasteiger partial charge in [-0.25, -0.2) is 0 Å². The van der Waals surface area contributed by atoms with Gasteiger partial charge in [0, 0.05) is 22.2 Å². The Morgan fingerprint density at radius 3 is 2.38 bits per heavy atom. The van der Waals surface area contributed by atoms with E-state index in [-0.39, 0.29) is 11.3 Å². The molecule has 3 heteroatoms. The highest BCUT2D eigenvalue weighted by molar-refractivity contribution is 5.95. The van der Waals surface area contributed by atoms with Crippen LogP contribution in [0.1, 0.15) is 39.6 Å². The average Bonchev–Trinajstić information content (AvgIpc) is 2.64. The molecule has 2 aromatic carbocycles. The molecule has 0 radical (unpaired) electrons. The van der Waals surface area contributed by atoms with Crippen LogP contribution < -0.4 is 5.32 Å². The summed E-state index contributed by atoms with van der Waals surface area (Å²) >= 11 is 0. The summed E-state index contributed by atoms with van der Waals surface area (Å²) < 4.78 is 0. The third kappa shape index (κ3) is 3.35. The van der Waals surface area contributed by atoms with Crippen LogP contribution in [0, 0.1) is 0 Å². The van der Waals surface area contributed by atoms with E-state index in [1.165, 1.54) is 0 Å². The number of aldehydes is 1. The molecule has 0 aromatic heterocycles. The Hall–Kier alpha value is -2.94. The molecule has 1 aliphatic rings. The Morgan fingerprint density at radius 1 is 1.08 bits per heavy atom. The molecule has 0 saturated heterocycles. The van der Waals surface area contributed by atoms with Gasteiger partial charge in [0.25, 0.3) is 5.91 Å². The summed E-state index contributed by atoms with van der Waals surface area (Å²) in [5.74, 6) is -0.106. The molecular weight excluding hydrogens is 298 g/mol. The number of nitrogens with one attached hydrogen (secondary N) is 1. The van der Waals surface area contributed by atoms with E-state index in [2.05, 4.69) is 18.3 Å². The van der Waals surface area contributed by atoms with E-state index >= 15 is 0 Å². The Morgan fingerprint density at radius 2 is 1.79 bits per heavy atom. The molecule has 0 heterocycles. The van der Waals surface area contributed by atoms with E-state index in [4.69, 9.17) is 0 Å². The standard InChI is InChI=1S/C21H19NO2/c1-21(18-9-7-16(15-23)8-10-18)13-11-19(12-14-21)22-20(24)17-5-3-2-4-6-17/h2-13,15H,14H2,1H3,(H,22,24). The van der Waals surface area contributed by atoms with Crippen LogP contribution in [0.2, 0.25) is 0 Å². The van der Waals surface area contributed by atoms with Crippen LogP contribution in [-0.4, -0.2) is 12.2 Å². The third-order valence-corrected chi connectivity index (χ3v) is 4.38. The smallest absolute Gasteiger partial charge is 0.255 e. The van der Waals surface area contributed by atoms with Gasteiger partial charge in [-0.15, -0.1) is 0 Å². The lowest BCUT2D eigenvalue weighted by atomic mass is 9.76. The van der Waals surface area contributed by atoms with Crippen molar-refractivity contribution in [2.75, 3.05) is 0 Å². The molecule has 1 unspecified atom stereocenters. The molecule has 120 valence electrons. The number of hydrogen-bond donors (Lipinski definition) is 1. The number of carbonyl (C=O) groups is 2. The number of carbonyl (C=O) groups excluding carboxylic acids is 2. The summed E-state index contributed by atoms with van der Waals surface area (Å²) in [4.78, 5) is 23.0. The number of allylic oxidation sites excluding steroid dienone is 3. The second kappa shape index (κ2) is 6.67. The van der Waals surface area contributed by atoms with E-state index in [0.717, 1.165) is 24.0 Å². The van der Waals surface area contributed by atoms with Crippen LogP contribution in [-0.2, 0) is 5.41 Å². The summed E-state index contributed by atoms with van der Waals surface area (Å²) in [6.07, 6.45) is 7.71. The normalized spacial score (nSPS) is 19.5. The van der Waals surface area contributed by atoms with Gasteiger partial charge in [-0.3, -0.25) is 9.59 Å². The zero-order chi connectivity index (χ0) is 17.0. The molecule has 1 atom stereocenters. The van der Waals surface area contributed by atoms with Crippen molar-refractivity contribution in [1.29, 1.82) is 0 Å². The van der Waals surface area contributed by atoms with Crippen molar-refractivity contribution in [3.63, 3.8) is 0 Å². The lowest BCUT2D eigenvalue weighted by molar-refractivity contribution is 0.0966. The van der Waals surface area contributed by atoms with Crippen molar-refractivity contribution in [1.82, 2.24) is 5.32 Å². The third-order valence-electron chi connectivity index (χ3n) is 4.38. The zero-order valence-corrected chi connectivity index (χ0v) is 13.5. The van der Waals surface area contributed by atoms with Crippen LogP contribution >= 0.6 is 0 Å². The fourth-order valence-electron chi connectivity index (χ4n) is 2.77. The average molecular weight is 317 g/mol. The molecule has 2 aromatic rings. The minimum absolute atomic E-state index is 0.106. The molecule has 1 N–H and O–H groups in total. The molecular formula is C21H19NO2. The first-order chi connectivity index (χ1) is 11.6. The summed E-state index contributed by atoms with van der Waals surface area (Å²) in [6, 6.07) is 16.8. The number of rotatable bonds is 4. The lowest BCUT2D eigenvalue weighted by Crippen LogP contribution is -2.26.